The number of hydrogen-bond donors (Lipinski definition) is 0. The Bertz CT molecular complexity index is 1450. The van der Waals surface area contributed by atoms with E-state index in [2.05, 4.69) is 15.0 Å². The molecule has 0 radical (unpaired) electrons. The fourth-order valence-corrected chi connectivity index (χ4v) is 3.51. The molecular weight excluding hydrogens is 376 g/mol. The molecule has 0 saturated heterocycles. The summed E-state index contributed by atoms with van der Waals surface area (Å²) in [6, 6.07) is 13.2. The average molecular weight is 396 g/mol. The zero-order valence-electron chi connectivity index (χ0n) is 16.9. The fourth-order valence-electron chi connectivity index (χ4n) is 3.51. The lowest BCUT2D eigenvalue weighted by Crippen LogP contribution is -2.14. The lowest BCUT2D eigenvalue weighted by atomic mass is 10.1. The molecule has 5 heterocycles. The van der Waals surface area contributed by atoms with Crippen LogP contribution in [0.4, 0.5) is 5.82 Å². The highest BCUT2D eigenvalue weighted by Crippen LogP contribution is 2.22. The second kappa shape index (κ2) is 6.81. The van der Waals surface area contributed by atoms with Crippen molar-refractivity contribution in [2.45, 2.75) is 6.92 Å². The number of hydrogen-bond acceptors (Lipinski definition) is 5. The Morgan fingerprint density at radius 2 is 1.57 bits per heavy atom. The fraction of sp³-hybridized carbons (Fsp3) is 0.130. The highest BCUT2D eigenvalue weighted by Gasteiger charge is 2.08. The summed E-state index contributed by atoms with van der Waals surface area (Å²) in [6.07, 6.45) is 7.56. The van der Waals surface area contributed by atoms with Gasteiger partial charge in [-0.15, -0.1) is 0 Å². The molecule has 0 atom stereocenters. The van der Waals surface area contributed by atoms with Gasteiger partial charge >= 0.3 is 0 Å². The molecule has 7 nitrogen and oxygen atoms in total. The van der Waals surface area contributed by atoms with Gasteiger partial charge in [0, 0.05) is 56.1 Å². The number of anilines is 1. The largest absolute Gasteiger partial charge is 0.363 e. The van der Waals surface area contributed by atoms with Crippen molar-refractivity contribution in [3.8, 4) is 22.4 Å². The Morgan fingerprint density at radius 3 is 2.30 bits per heavy atom. The third kappa shape index (κ3) is 3.10. The molecular formula is C23H20N6O. The van der Waals surface area contributed by atoms with Crippen LogP contribution in [0.1, 0.15) is 5.69 Å². The second-order valence-corrected chi connectivity index (χ2v) is 7.49. The Labute approximate surface area is 172 Å². The molecule has 7 heteroatoms. The van der Waals surface area contributed by atoms with Gasteiger partial charge in [-0.05, 0) is 48.9 Å². The molecule has 5 aromatic heterocycles. The van der Waals surface area contributed by atoms with Gasteiger partial charge in [-0.25, -0.2) is 15.0 Å². The monoisotopic (exact) mass is 396 g/mol. The van der Waals surface area contributed by atoms with Crippen molar-refractivity contribution in [2.24, 2.45) is 0 Å². The van der Waals surface area contributed by atoms with Crippen molar-refractivity contribution in [2.75, 3.05) is 19.0 Å². The maximum Gasteiger partial charge on any atom is 0.258 e. The summed E-state index contributed by atoms with van der Waals surface area (Å²) in [5.74, 6) is 0.853. The molecule has 0 bridgehead atoms. The van der Waals surface area contributed by atoms with Gasteiger partial charge in [0.25, 0.3) is 5.56 Å². The normalized spacial score (nSPS) is 11.3. The number of aromatic nitrogens is 5. The van der Waals surface area contributed by atoms with Crippen LogP contribution < -0.4 is 10.5 Å². The van der Waals surface area contributed by atoms with Crippen molar-refractivity contribution in [3.63, 3.8) is 0 Å². The summed E-state index contributed by atoms with van der Waals surface area (Å²) in [5.41, 5.74) is 5.68. The van der Waals surface area contributed by atoms with E-state index in [1.807, 2.05) is 85.3 Å². The van der Waals surface area contributed by atoms with E-state index in [4.69, 9.17) is 0 Å². The first-order valence-corrected chi connectivity index (χ1v) is 9.61. The van der Waals surface area contributed by atoms with Gasteiger partial charge in [0.05, 0.1) is 11.4 Å². The minimum Gasteiger partial charge on any atom is -0.363 e. The summed E-state index contributed by atoms with van der Waals surface area (Å²) < 4.78 is 3.56. The van der Waals surface area contributed by atoms with Gasteiger partial charge in [-0.2, -0.15) is 0 Å². The molecule has 0 saturated carbocycles. The summed E-state index contributed by atoms with van der Waals surface area (Å²) in [6.45, 7) is 1.97. The van der Waals surface area contributed by atoms with Crippen LogP contribution in [-0.4, -0.2) is 37.8 Å². The molecule has 0 aliphatic heterocycles. The maximum atomic E-state index is 12.8. The van der Waals surface area contributed by atoms with Gasteiger partial charge in [0.2, 0.25) is 0 Å². The summed E-state index contributed by atoms with van der Waals surface area (Å²) in [4.78, 5) is 28.3. The molecule has 0 amide bonds. The van der Waals surface area contributed by atoms with E-state index in [-0.39, 0.29) is 5.56 Å². The van der Waals surface area contributed by atoms with E-state index in [9.17, 15) is 4.79 Å². The smallest absolute Gasteiger partial charge is 0.258 e. The highest BCUT2D eigenvalue weighted by atomic mass is 16.1. The summed E-state index contributed by atoms with van der Waals surface area (Å²) in [5, 5.41) is 0. The Hall–Kier alpha value is -4.00. The number of fused-ring (bicyclic) bond motifs is 2. The number of pyridine rings is 3. The number of nitrogens with zero attached hydrogens (tertiary/aromatic N) is 6. The standard InChI is InChI=1S/C23H20N6O/c1-15-12-28-13-17(5-8-21(28)25-15)18-6-9-22-26-19(10-23(30)29(22)14-18)16-4-7-20(24-11-16)27(2)3/h4-14H,1-3H3. The lowest BCUT2D eigenvalue weighted by Gasteiger charge is -2.11. The van der Waals surface area contributed by atoms with E-state index in [0.29, 0.717) is 11.3 Å². The molecule has 0 aromatic carbocycles. The predicted molar refractivity (Wildman–Crippen MR) is 118 cm³/mol. The molecule has 5 rings (SSSR count). The number of aryl methyl sites for hydroxylation is 1. The van der Waals surface area contributed by atoms with Crippen LogP contribution >= 0.6 is 0 Å². The average Bonchev–Trinajstić information content (AvgIpc) is 3.12. The molecule has 0 aliphatic rings. The summed E-state index contributed by atoms with van der Waals surface area (Å²) >= 11 is 0. The lowest BCUT2D eigenvalue weighted by molar-refractivity contribution is 1.04. The summed E-state index contributed by atoms with van der Waals surface area (Å²) in [7, 11) is 3.87. The predicted octanol–water partition coefficient (Wildman–Crippen LogP) is 3.45. The van der Waals surface area contributed by atoms with Crippen molar-refractivity contribution in [1.82, 2.24) is 23.8 Å². The van der Waals surface area contributed by atoms with Crippen LogP contribution in [0.15, 0.2) is 72.0 Å². The van der Waals surface area contributed by atoms with E-state index in [1.54, 1.807) is 16.7 Å². The number of rotatable bonds is 3. The molecule has 148 valence electrons. The number of imidazole rings is 1. The van der Waals surface area contributed by atoms with Gasteiger partial charge in [-0.1, -0.05) is 0 Å². The van der Waals surface area contributed by atoms with Crippen LogP contribution in [0.2, 0.25) is 0 Å². The van der Waals surface area contributed by atoms with E-state index in [1.165, 1.54) is 0 Å². The third-order valence-electron chi connectivity index (χ3n) is 5.07. The van der Waals surface area contributed by atoms with Gasteiger partial charge < -0.3 is 9.30 Å². The van der Waals surface area contributed by atoms with E-state index >= 15 is 0 Å². The Morgan fingerprint density at radius 1 is 0.833 bits per heavy atom. The topological polar surface area (TPSA) is 67.8 Å². The minimum atomic E-state index is -0.131. The zero-order valence-corrected chi connectivity index (χ0v) is 16.9. The van der Waals surface area contributed by atoms with E-state index < -0.39 is 0 Å². The van der Waals surface area contributed by atoms with Gasteiger partial charge in [-0.3, -0.25) is 9.20 Å². The molecule has 0 aliphatic carbocycles. The minimum absolute atomic E-state index is 0.131. The van der Waals surface area contributed by atoms with Crippen molar-refractivity contribution < 1.29 is 0 Å². The SMILES string of the molecule is Cc1cn2cc(-c3ccc4nc(-c5ccc(N(C)C)nc5)cc(=O)n4c3)ccc2n1. The first-order valence-electron chi connectivity index (χ1n) is 9.61. The molecule has 0 spiro atoms. The Balaban J connectivity index is 1.57. The van der Waals surface area contributed by atoms with Gasteiger partial charge in [0.1, 0.15) is 17.1 Å². The van der Waals surface area contributed by atoms with Crippen LogP contribution in [0, 0.1) is 6.92 Å². The van der Waals surface area contributed by atoms with Crippen molar-refractivity contribution in [1.29, 1.82) is 0 Å². The van der Waals surface area contributed by atoms with Gasteiger partial charge in [0.15, 0.2) is 0 Å². The Kier molecular flexibility index (Phi) is 4.10. The van der Waals surface area contributed by atoms with Crippen LogP contribution in [0.3, 0.4) is 0 Å². The first kappa shape index (κ1) is 18.1. The molecule has 30 heavy (non-hydrogen) atoms. The molecule has 5 aromatic rings. The quantitative estimate of drug-likeness (QED) is 0.467. The maximum absolute atomic E-state index is 12.8. The zero-order chi connectivity index (χ0) is 20.8. The third-order valence-corrected chi connectivity index (χ3v) is 5.07. The second-order valence-electron chi connectivity index (χ2n) is 7.49. The molecule has 0 N–H and O–H groups in total. The van der Waals surface area contributed by atoms with Crippen LogP contribution in [0.25, 0.3) is 33.7 Å². The molecule has 0 fully saturated rings. The first-order chi connectivity index (χ1) is 14.5. The van der Waals surface area contributed by atoms with Crippen LogP contribution in [-0.2, 0) is 0 Å². The highest BCUT2D eigenvalue weighted by molar-refractivity contribution is 5.67. The van der Waals surface area contributed by atoms with Crippen molar-refractivity contribution in [3.05, 3.63) is 83.3 Å². The van der Waals surface area contributed by atoms with E-state index in [0.717, 1.165) is 33.8 Å². The van der Waals surface area contributed by atoms with Crippen molar-refractivity contribution >= 4 is 17.1 Å². The van der Waals surface area contributed by atoms with Crippen LogP contribution in [0.5, 0.6) is 0 Å². The molecule has 0 unspecified atom stereocenters.